The number of fused-ring (bicyclic) bond motifs is 2. The van der Waals surface area contributed by atoms with Crippen molar-refractivity contribution in [3.05, 3.63) is 72.3 Å². The SMILES string of the molecule is O=C(Cc1cccc2ccccc12)NC(CO)C(=O)Nc1nc2ccccc2[nH]1. The van der Waals surface area contributed by atoms with Crippen LogP contribution < -0.4 is 10.6 Å². The van der Waals surface area contributed by atoms with Gasteiger partial charge in [-0.1, -0.05) is 54.6 Å². The fraction of sp³-hybridized carbons (Fsp3) is 0.136. The number of aromatic nitrogens is 2. The monoisotopic (exact) mass is 388 g/mol. The van der Waals surface area contributed by atoms with Gasteiger partial charge in [0.1, 0.15) is 6.04 Å². The number of para-hydroxylation sites is 2. The lowest BCUT2D eigenvalue weighted by Gasteiger charge is -2.15. The summed E-state index contributed by atoms with van der Waals surface area (Å²) >= 11 is 0. The Kier molecular flexibility index (Phi) is 5.22. The first-order valence-electron chi connectivity index (χ1n) is 9.26. The molecule has 3 aromatic carbocycles. The van der Waals surface area contributed by atoms with Crippen LogP contribution in [0.15, 0.2) is 66.7 Å². The van der Waals surface area contributed by atoms with Crippen LogP contribution in [0, 0.1) is 0 Å². The number of imidazole rings is 1. The largest absolute Gasteiger partial charge is 0.394 e. The number of aliphatic hydroxyl groups excluding tert-OH is 1. The number of aliphatic hydroxyl groups is 1. The minimum atomic E-state index is -1.08. The molecule has 4 N–H and O–H groups in total. The molecule has 4 aromatic rings. The molecule has 7 heteroatoms. The summed E-state index contributed by atoms with van der Waals surface area (Å²) in [6.45, 7) is -0.520. The van der Waals surface area contributed by atoms with Gasteiger partial charge in [-0.3, -0.25) is 14.9 Å². The molecule has 0 fully saturated rings. The number of rotatable bonds is 6. The zero-order valence-corrected chi connectivity index (χ0v) is 15.6. The molecular formula is C22H20N4O3. The summed E-state index contributed by atoms with van der Waals surface area (Å²) in [4.78, 5) is 32.2. The van der Waals surface area contributed by atoms with Crippen molar-refractivity contribution < 1.29 is 14.7 Å². The highest BCUT2D eigenvalue weighted by molar-refractivity contribution is 5.98. The first kappa shape index (κ1) is 18.6. The molecular weight excluding hydrogens is 368 g/mol. The standard InChI is InChI=1S/C22H20N4O3/c27-13-19(21(29)26-22-24-17-10-3-4-11-18(17)25-22)23-20(28)12-15-8-5-7-14-6-1-2-9-16(14)15/h1-11,19,27H,12-13H2,(H,23,28)(H2,24,25,26,29). The maximum absolute atomic E-state index is 12.5. The fourth-order valence-corrected chi connectivity index (χ4v) is 3.27. The van der Waals surface area contributed by atoms with Crippen molar-refractivity contribution in [1.82, 2.24) is 15.3 Å². The quantitative estimate of drug-likeness (QED) is 0.407. The first-order chi connectivity index (χ1) is 14.1. The van der Waals surface area contributed by atoms with Gasteiger partial charge in [0.25, 0.3) is 5.91 Å². The molecule has 4 rings (SSSR count). The Bertz CT molecular complexity index is 1150. The summed E-state index contributed by atoms with van der Waals surface area (Å²) < 4.78 is 0. The van der Waals surface area contributed by atoms with Crippen LogP contribution in [0.25, 0.3) is 21.8 Å². The summed E-state index contributed by atoms with van der Waals surface area (Å²) in [5, 5.41) is 16.8. The van der Waals surface area contributed by atoms with Gasteiger partial charge in [-0.25, -0.2) is 4.98 Å². The van der Waals surface area contributed by atoms with Crippen LogP contribution in [0.5, 0.6) is 0 Å². The lowest BCUT2D eigenvalue weighted by molar-refractivity contribution is -0.126. The number of hydrogen-bond donors (Lipinski definition) is 4. The Labute approximate surface area is 166 Å². The zero-order chi connectivity index (χ0) is 20.2. The second kappa shape index (κ2) is 8.12. The van der Waals surface area contributed by atoms with E-state index in [0.717, 1.165) is 21.9 Å². The number of hydrogen-bond acceptors (Lipinski definition) is 4. The highest BCUT2D eigenvalue weighted by Crippen LogP contribution is 2.19. The van der Waals surface area contributed by atoms with Crippen molar-refractivity contribution in [2.24, 2.45) is 0 Å². The number of nitrogens with zero attached hydrogens (tertiary/aromatic N) is 1. The van der Waals surface area contributed by atoms with Crippen molar-refractivity contribution >= 4 is 39.6 Å². The molecule has 0 radical (unpaired) electrons. The maximum atomic E-state index is 12.5. The van der Waals surface area contributed by atoms with E-state index in [0.29, 0.717) is 5.52 Å². The molecule has 1 heterocycles. The average molecular weight is 388 g/mol. The number of carbonyl (C=O) groups excluding carboxylic acids is 2. The van der Waals surface area contributed by atoms with Gasteiger partial charge in [0.05, 0.1) is 24.1 Å². The third-order valence-electron chi connectivity index (χ3n) is 4.70. The van der Waals surface area contributed by atoms with E-state index in [-0.39, 0.29) is 18.3 Å². The Hall–Kier alpha value is -3.71. The van der Waals surface area contributed by atoms with Crippen molar-refractivity contribution in [1.29, 1.82) is 0 Å². The van der Waals surface area contributed by atoms with E-state index in [4.69, 9.17) is 0 Å². The van der Waals surface area contributed by atoms with E-state index in [1.807, 2.05) is 66.7 Å². The number of nitrogens with one attached hydrogen (secondary N) is 3. The Morgan fingerprint density at radius 2 is 1.76 bits per heavy atom. The Morgan fingerprint density at radius 1 is 1.00 bits per heavy atom. The highest BCUT2D eigenvalue weighted by atomic mass is 16.3. The van der Waals surface area contributed by atoms with Crippen LogP contribution >= 0.6 is 0 Å². The molecule has 0 saturated carbocycles. The average Bonchev–Trinajstić information content (AvgIpc) is 3.14. The highest BCUT2D eigenvalue weighted by Gasteiger charge is 2.21. The summed E-state index contributed by atoms with van der Waals surface area (Å²) in [6, 6.07) is 19.8. The van der Waals surface area contributed by atoms with Gasteiger partial charge in [0.15, 0.2) is 0 Å². The molecule has 1 atom stereocenters. The lowest BCUT2D eigenvalue weighted by atomic mass is 10.0. The number of carbonyl (C=O) groups is 2. The normalized spacial score (nSPS) is 12.0. The molecule has 146 valence electrons. The van der Waals surface area contributed by atoms with E-state index in [2.05, 4.69) is 20.6 Å². The zero-order valence-electron chi connectivity index (χ0n) is 15.6. The molecule has 0 bridgehead atoms. The second-order valence-corrected chi connectivity index (χ2v) is 6.71. The van der Waals surface area contributed by atoms with Gasteiger partial charge in [-0.05, 0) is 28.5 Å². The van der Waals surface area contributed by atoms with E-state index in [9.17, 15) is 14.7 Å². The van der Waals surface area contributed by atoms with E-state index in [1.165, 1.54) is 0 Å². The van der Waals surface area contributed by atoms with Gasteiger partial charge in [0.2, 0.25) is 11.9 Å². The number of amides is 2. The smallest absolute Gasteiger partial charge is 0.251 e. The molecule has 29 heavy (non-hydrogen) atoms. The third-order valence-corrected chi connectivity index (χ3v) is 4.70. The van der Waals surface area contributed by atoms with Crippen molar-refractivity contribution in [3.8, 4) is 0 Å². The fourth-order valence-electron chi connectivity index (χ4n) is 3.27. The number of H-pyrrole nitrogens is 1. The Balaban J connectivity index is 1.43. The summed E-state index contributed by atoms with van der Waals surface area (Å²) in [5.41, 5.74) is 2.35. The van der Waals surface area contributed by atoms with E-state index < -0.39 is 18.6 Å². The van der Waals surface area contributed by atoms with Crippen LogP contribution in [-0.2, 0) is 16.0 Å². The minimum absolute atomic E-state index is 0.107. The number of aromatic amines is 1. The predicted molar refractivity (Wildman–Crippen MR) is 111 cm³/mol. The minimum Gasteiger partial charge on any atom is -0.394 e. The number of anilines is 1. The number of benzene rings is 3. The summed E-state index contributed by atoms with van der Waals surface area (Å²) in [7, 11) is 0. The third kappa shape index (κ3) is 4.09. The van der Waals surface area contributed by atoms with E-state index in [1.54, 1.807) is 0 Å². The van der Waals surface area contributed by atoms with Crippen molar-refractivity contribution in [2.75, 3.05) is 11.9 Å². The predicted octanol–water partition coefficient (Wildman–Crippen LogP) is 2.37. The molecule has 1 aromatic heterocycles. The molecule has 0 aliphatic heterocycles. The van der Waals surface area contributed by atoms with Gasteiger partial charge < -0.3 is 15.4 Å². The van der Waals surface area contributed by atoms with Crippen molar-refractivity contribution in [2.45, 2.75) is 12.5 Å². The summed E-state index contributed by atoms with van der Waals surface area (Å²) in [6.07, 6.45) is 0.107. The van der Waals surface area contributed by atoms with E-state index >= 15 is 0 Å². The molecule has 0 aliphatic carbocycles. The molecule has 0 spiro atoms. The van der Waals surface area contributed by atoms with Crippen LogP contribution in [0.1, 0.15) is 5.56 Å². The van der Waals surface area contributed by atoms with Crippen LogP contribution in [0.4, 0.5) is 5.95 Å². The lowest BCUT2D eigenvalue weighted by Crippen LogP contribution is -2.46. The van der Waals surface area contributed by atoms with Gasteiger partial charge in [0, 0.05) is 0 Å². The van der Waals surface area contributed by atoms with Crippen LogP contribution in [0.2, 0.25) is 0 Å². The van der Waals surface area contributed by atoms with Gasteiger partial charge >= 0.3 is 0 Å². The van der Waals surface area contributed by atoms with Gasteiger partial charge in [-0.2, -0.15) is 0 Å². The molecule has 1 unspecified atom stereocenters. The summed E-state index contributed by atoms with van der Waals surface area (Å²) in [5.74, 6) is -0.629. The molecule has 0 saturated heterocycles. The maximum Gasteiger partial charge on any atom is 0.251 e. The van der Waals surface area contributed by atoms with Crippen LogP contribution in [0.3, 0.4) is 0 Å². The topological polar surface area (TPSA) is 107 Å². The molecule has 0 aliphatic rings. The first-order valence-corrected chi connectivity index (χ1v) is 9.26. The molecule has 7 nitrogen and oxygen atoms in total. The Morgan fingerprint density at radius 3 is 2.59 bits per heavy atom. The second-order valence-electron chi connectivity index (χ2n) is 6.71. The van der Waals surface area contributed by atoms with Gasteiger partial charge in [-0.15, -0.1) is 0 Å². The van der Waals surface area contributed by atoms with Crippen LogP contribution in [-0.4, -0.2) is 39.5 Å². The van der Waals surface area contributed by atoms with Crippen molar-refractivity contribution in [3.63, 3.8) is 0 Å². The molecule has 2 amide bonds.